The lowest BCUT2D eigenvalue weighted by atomic mass is 10.2. The fourth-order valence-corrected chi connectivity index (χ4v) is 1.99. The molecule has 0 aromatic heterocycles. The molecule has 1 N–H and O–H groups in total. The normalized spacial score (nSPS) is 18.6. The number of carbonyl (C=O) groups excluding carboxylic acids is 3. The van der Waals surface area contributed by atoms with Crippen molar-refractivity contribution in [3.63, 3.8) is 0 Å². The summed E-state index contributed by atoms with van der Waals surface area (Å²) in [4.78, 5) is 35.2. The van der Waals surface area contributed by atoms with E-state index in [-0.39, 0.29) is 12.8 Å². The van der Waals surface area contributed by atoms with Gasteiger partial charge in [-0.15, -0.1) is 0 Å². The minimum Gasteiger partial charge on any atom is -0.444 e. The molecule has 0 saturated carbocycles. The lowest BCUT2D eigenvalue weighted by Gasteiger charge is -2.23. The summed E-state index contributed by atoms with van der Waals surface area (Å²) >= 11 is 0. The molecule has 7 heteroatoms. The lowest BCUT2D eigenvalue weighted by Crippen LogP contribution is -2.39. The Hall–Kier alpha value is -1.79. The SMILES string of the molecule is CC(C)(C)OC(=O)NCOC(=O)N1CCCC1CC=O. The Bertz CT molecular complexity index is 364. The van der Waals surface area contributed by atoms with Gasteiger partial charge < -0.3 is 19.2 Å². The van der Waals surface area contributed by atoms with Crippen molar-refractivity contribution in [1.29, 1.82) is 0 Å². The highest BCUT2D eigenvalue weighted by molar-refractivity contribution is 5.70. The van der Waals surface area contributed by atoms with Crippen LogP contribution in [0.1, 0.15) is 40.0 Å². The fourth-order valence-electron chi connectivity index (χ4n) is 1.99. The Kier molecular flexibility index (Phi) is 5.79. The fraction of sp³-hybridized carbons (Fsp3) is 0.769. The molecule has 0 radical (unpaired) electrons. The Morgan fingerprint density at radius 2 is 2.10 bits per heavy atom. The van der Waals surface area contributed by atoms with Gasteiger partial charge in [0.1, 0.15) is 11.9 Å². The average molecular weight is 286 g/mol. The largest absolute Gasteiger partial charge is 0.444 e. The van der Waals surface area contributed by atoms with Gasteiger partial charge in [0.05, 0.1) is 0 Å². The molecule has 2 amide bonds. The Balaban J connectivity index is 2.29. The standard InChI is InChI=1S/C13H22N2O5/c1-13(2,3)20-11(17)14-9-19-12(18)15-7-4-5-10(15)6-8-16/h8,10H,4-7,9H2,1-3H3,(H,14,17). The highest BCUT2D eigenvalue weighted by Gasteiger charge is 2.29. The number of carbonyl (C=O) groups is 3. The molecule has 1 heterocycles. The minimum absolute atomic E-state index is 0.0958. The van der Waals surface area contributed by atoms with Crippen molar-refractivity contribution >= 4 is 18.5 Å². The van der Waals surface area contributed by atoms with Crippen LogP contribution in [0.15, 0.2) is 0 Å². The van der Waals surface area contributed by atoms with E-state index in [1.165, 1.54) is 4.90 Å². The minimum atomic E-state index is -0.642. The number of likely N-dealkylation sites (tertiary alicyclic amines) is 1. The highest BCUT2D eigenvalue weighted by Crippen LogP contribution is 2.19. The number of nitrogens with one attached hydrogen (secondary N) is 1. The van der Waals surface area contributed by atoms with Crippen LogP contribution in [-0.4, -0.2) is 48.3 Å². The van der Waals surface area contributed by atoms with Crippen LogP contribution in [0.3, 0.4) is 0 Å². The summed E-state index contributed by atoms with van der Waals surface area (Å²) in [6.07, 6.45) is 1.60. The van der Waals surface area contributed by atoms with Gasteiger partial charge in [0.2, 0.25) is 0 Å². The molecule has 1 rings (SSSR count). The topological polar surface area (TPSA) is 84.9 Å². The van der Waals surface area contributed by atoms with E-state index in [0.717, 1.165) is 19.1 Å². The number of rotatable bonds is 4. The maximum atomic E-state index is 11.8. The van der Waals surface area contributed by atoms with E-state index in [1.807, 2.05) is 0 Å². The summed E-state index contributed by atoms with van der Waals surface area (Å²) in [6, 6.07) is -0.0958. The molecule has 1 aliphatic rings. The molecule has 114 valence electrons. The van der Waals surface area contributed by atoms with Gasteiger partial charge in [0, 0.05) is 19.0 Å². The number of nitrogens with zero attached hydrogens (tertiary/aromatic N) is 1. The van der Waals surface area contributed by atoms with E-state index in [2.05, 4.69) is 5.32 Å². The van der Waals surface area contributed by atoms with Crippen molar-refractivity contribution in [2.75, 3.05) is 13.3 Å². The van der Waals surface area contributed by atoms with E-state index >= 15 is 0 Å². The van der Waals surface area contributed by atoms with Crippen molar-refractivity contribution in [2.24, 2.45) is 0 Å². The number of alkyl carbamates (subject to hydrolysis) is 1. The quantitative estimate of drug-likeness (QED) is 0.627. The molecular weight excluding hydrogens is 264 g/mol. The first-order valence-electron chi connectivity index (χ1n) is 6.67. The third-order valence-electron chi connectivity index (χ3n) is 2.79. The summed E-state index contributed by atoms with van der Waals surface area (Å²) < 4.78 is 9.95. The molecule has 0 aliphatic carbocycles. The van der Waals surface area contributed by atoms with E-state index in [1.54, 1.807) is 20.8 Å². The predicted molar refractivity (Wildman–Crippen MR) is 71.1 cm³/mol. The van der Waals surface area contributed by atoms with Crippen LogP contribution < -0.4 is 5.32 Å². The zero-order valence-electron chi connectivity index (χ0n) is 12.2. The van der Waals surface area contributed by atoms with Gasteiger partial charge in [-0.05, 0) is 33.6 Å². The molecule has 7 nitrogen and oxygen atoms in total. The first-order chi connectivity index (χ1) is 9.33. The molecule has 1 unspecified atom stereocenters. The smallest absolute Gasteiger partial charge is 0.411 e. The molecule has 0 aromatic rings. The zero-order valence-corrected chi connectivity index (χ0v) is 12.2. The number of hydrogen-bond donors (Lipinski definition) is 1. The number of ether oxygens (including phenoxy) is 2. The first-order valence-corrected chi connectivity index (χ1v) is 6.67. The van der Waals surface area contributed by atoms with Crippen LogP contribution in [0.2, 0.25) is 0 Å². The molecule has 0 spiro atoms. The van der Waals surface area contributed by atoms with E-state index < -0.39 is 17.8 Å². The van der Waals surface area contributed by atoms with Crippen LogP contribution in [0.5, 0.6) is 0 Å². The van der Waals surface area contributed by atoms with Gasteiger partial charge in [-0.25, -0.2) is 9.59 Å². The Morgan fingerprint density at radius 3 is 2.70 bits per heavy atom. The van der Waals surface area contributed by atoms with Crippen LogP contribution >= 0.6 is 0 Å². The Labute approximate surface area is 118 Å². The summed E-state index contributed by atoms with van der Waals surface area (Å²) in [5, 5.41) is 2.34. The van der Waals surface area contributed by atoms with Crippen molar-refractivity contribution in [3.8, 4) is 0 Å². The molecule has 1 atom stereocenters. The van der Waals surface area contributed by atoms with E-state index in [4.69, 9.17) is 9.47 Å². The lowest BCUT2D eigenvalue weighted by molar-refractivity contribution is -0.108. The molecular formula is C13H22N2O5. The van der Waals surface area contributed by atoms with E-state index in [0.29, 0.717) is 13.0 Å². The second-order valence-electron chi connectivity index (χ2n) is 5.63. The van der Waals surface area contributed by atoms with Crippen LogP contribution in [0, 0.1) is 0 Å². The number of hydrogen-bond acceptors (Lipinski definition) is 5. The predicted octanol–water partition coefficient (Wildman–Crippen LogP) is 1.66. The first kappa shape index (κ1) is 16.3. The van der Waals surface area contributed by atoms with Gasteiger partial charge in [-0.3, -0.25) is 5.32 Å². The molecule has 20 heavy (non-hydrogen) atoms. The van der Waals surface area contributed by atoms with Crippen molar-refractivity contribution in [3.05, 3.63) is 0 Å². The van der Waals surface area contributed by atoms with E-state index in [9.17, 15) is 14.4 Å². The zero-order chi connectivity index (χ0) is 15.2. The van der Waals surface area contributed by atoms with Crippen LogP contribution in [0.4, 0.5) is 9.59 Å². The third kappa shape index (κ3) is 5.46. The molecule has 0 bridgehead atoms. The number of aldehydes is 1. The second kappa shape index (κ2) is 7.12. The van der Waals surface area contributed by atoms with Gasteiger partial charge >= 0.3 is 12.2 Å². The van der Waals surface area contributed by atoms with Crippen molar-refractivity contribution < 1.29 is 23.9 Å². The second-order valence-corrected chi connectivity index (χ2v) is 5.63. The maximum absolute atomic E-state index is 11.8. The highest BCUT2D eigenvalue weighted by atomic mass is 16.6. The molecule has 1 aliphatic heterocycles. The van der Waals surface area contributed by atoms with Crippen LogP contribution in [0.25, 0.3) is 0 Å². The monoisotopic (exact) mass is 286 g/mol. The molecule has 0 aromatic carbocycles. The molecule has 1 saturated heterocycles. The average Bonchev–Trinajstić information content (AvgIpc) is 2.75. The Morgan fingerprint density at radius 1 is 1.40 bits per heavy atom. The summed E-state index contributed by atoms with van der Waals surface area (Å²) in [6.45, 7) is 5.55. The van der Waals surface area contributed by atoms with Crippen LogP contribution in [-0.2, 0) is 14.3 Å². The maximum Gasteiger partial charge on any atom is 0.411 e. The summed E-state index contributed by atoms with van der Waals surface area (Å²) in [5.74, 6) is 0. The van der Waals surface area contributed by atoms with Crippen molar-refractivity contribution in [1.82, 2.24) is 10.2 Å². The third-order valence-corrected chi connectivity index (χ3v) is 2.79. The van der Waals surface area contributed by atoms with Gasteiger partial charge in [0.15, 0.2) is 6.73 Å². The number of amides is 2. The summed E-state index contributed by atoms with van der Waals surface area (Å²) in [7, 11) is 0. The van der Waals surface area contributed by atoms with Crippen molar-refractivity contribution in [2.45, 2.75) is 51.7 Å². The van der Waals surface area contributed by atoms with Gasteiger partial charge in [0.25, 0.3) is 0 Å². The summed E-state index contributed by atoms with van der Waals surface area (Å²) in [5.41, 5.74) is -0.599. The van der Waals surface area contributed by atoms with Gasteiger partial charge in [-0.2, -0.15) is 0 Å². The van der Waals surface area contributed by atoms with Gasteiger partial charge in [-0.1, -0.05) is 0 Å². The molecule has 1 fully saturated rings.